The first-order valence-corrected chi connectivity index (χ1v) is 8.67. The number of para-hydroxylation sites is 1. The number of anilines is 4. The summed E-state index contributed by atoms with van der Waals surface area (Å²) in [4.78, 5) is 21.1. The van der Waals surface area contributed by atoms with Crippen LogP contribution in [0.3, 0.4) is 0 Å². The van der Waals surface area contributed by atoms with E-state index in [9.17, 15) is 4.79 Å². The Morgan fingerprint density at radius 1 is 1.21 bits per heavy atom. The number of benzene rings is 1. The minimum Gasteiger partial charge on any atom is -0.494 e. The van der Waals surface area contributed by atoms with Crippen LogP contribution in [0.4, 0.5) is 23.0 Å². The van der Waals surface area contributed by atoms with Gasteiger partial charge >= 0.3 is 0 Å². The van der Waals surface area contributed by atoms with E-state index in [0.717, 1.165) is 5.56 Å². The maximum Gasteiger partial charge on any atom is 0.254 e. The van der Waals surface area contributed by atoms with Crippen LogP contribution in [0.15, 0.2) is 42.7 Å². The van der Waals surface area contributed by atoms with Gasteiger partial charge in [0.05, 0.1) is 12.7 Å². The topological polar surface area (TPSA) is 97.4 Å². The van der Waals surface area contributed by atoms with Gasteiger partial charge in [-0.25, -0.2) is 9.97 Å². The highest BCUT2D eigenvalue weighted by molar-refractivity contribution is 6.03. The summed E-state index contributed by atoms with van der Waals surface area (Å²) in [5.41, 5.74) is 2.56. The summed E-state index contributed by atoms with van der Waals surface area (Å²) >= 11 is 0. The molecule has 2 aromatic heterocycles. The van der Waals surface area contributed by atoms with E-state index < -0.39 is 0 Å². The first kappa shape index (κ1) is 17.6. The van der Waals surface area contributed by atoms with Crippen LogP contribution in [-0.4, -0.2) is 30.0 Å². The number of nitrogens with one attached hydrogen (secondary N) is 3. The minimum absolute atomic E-state index is 0.279. The van der Waals surface area contributed by atoms with Crippen molar-refractivity contribution in [3.8, 4) is 17.2 Å². The third-order valence-electron chi connectivity index (χ3n) is 4.34. The smallest absolute Gasteiger partial charge is 0.254 e. The normalized spacial score (nSPS) is 11.4. The number of methoxy groups -OCH3 is 1. The number of amides is 1. The molecule has 0 radical (unpaired) electrons. The maximum absolute atomic E-state index is 12.4. The van der Waals surface area contributed by atoms with Crippen LogP contribution in [-0.2, 0) is 0 Å². The molecule has 3 N–H and O–H groups in total. The molecule has 1 aliphatic rings. The quantitative estimate of drug-likeness (QED) is 0.498. The van der Waals surface area contributed by atoms with E-state index >= 15 is 0 Å². The van der Waals surface area contributed by atoms with Crippen LogP contribution in [0.1, 0.15) is 15.9 Å². The average Bonchev–Trinajstić information content (AvgIpc) is 2.71. The predicted molar refractivity (Wildman–Crippen MR) is 106 cm³/mol. The van der Waals surface area contributed by atoms with Gasteiger partial charge in [0.2, 0.25) is 0 Å². The number of ether oxygens (including phenoxy) is 2. The molecule has 3 aromatic rings. The molecule has 8 heteroatoms. The van der Waals surface area contributed by atoms with E-state index in [1.807, 2.05) is 37.3 Å². The number of pyridine rings is 2. The second-order valence-electron chi connectivity index (χ2n) is 6.21. The summed E-state index contributed by atoms with van der Waals surface area (Å²) in [5, 5.41) is 9.06. The molecule has 0 fully saturated rings. The molecule has 0 bridgehead atoms. The van der Waals surface area contributed by atoms with Gasteiger partial charge in [-0.05, 0) is 36.8 Å². The molecule has 8 nitrogen and oxygen atoms in total. The number of aryl methyl sites for hydroxylation is 1. The zero-order valence-electron chi connectivity index (χ0n) is 15.7. The largest absolute Gasteiger partial charge is 0.494 e. The lowest BCUT2D eigenvalue weighted by Crippen LogP contribution is -2.21. The van der Waals surface area contributed by atoms with E-state index in [1.165, 1.54) is 6.20 Å². The minimum atomic E-state index is -0.279. The second-order valence-corrected chi connectivity index (χ2v) is 6.21. The van der Waals surface area contributed by atoms with Crippen molar-refractivity contribution in [1.82, 2.24) is 15.3 Å². The SMILES string of the molecule is CNC(=O)c1cnc(Nc2cc(C)ccn2)c2c1Nc1c(OC)cccc1O2. The molecule has 0 spiro atoms. The Bertz CT molecular complexity index is 1070. The van der Waals surface area contributed by atoms with Gasteiger partial charge in [0.25, 0.3) is 5.91 Å². The van der Waals surface area contributed by atoms with Gasteiger partial charge in [-0.1, -0.05) is 6.07 Å². The van der Waals surface area contributed by atoms with Crippen molar-refractivity contribution in [2.45, 2.75) is 6.92 Å². The third-order valence-corrected chi connectivity index (χ3v) is 4.34. The average molecular weight is 377 g/mol. The van der Waals surface area contributed by atoms with Gasteiger partial charge in [-0.3, -0.25) is 4.79 Å². The Morgan fingerprint density at radius 2 is 2.07 bits per heavy atom. The fourth-order valence-corrected chi connectivity index (χ4v) is 2.96. The molecule has 3 heterocycles. The first-order valence-electron chi connectivity index (χ1n) is 8.67. The third kappa shape index (κ3) is 3.05. The zero-order valence-corrected chi connectivity index (χ0v) is 15.7. The summed E-state index contributed by atoms with van der Waals surface area (Å²) in [6.07, 6.45) is 3.20. The highest BCUT2D eigenvalue weighted by atomic mass is 16.5. The van der Waals surface area contributed by atoms with Gasteiger partial charge in [-0.2, -0.15) is 0 Å². The van der Waals surface area contributed by atoms with Gasteiger partial charge in [-0.15, -0.1) is 0 Å². The fourth-order valence-electron chi connectivity index (χ4n) is 2.96. The van der Waals surface area contributed by atoms with Crippen LogP contribution in [0.25, 0.3) is 0 Å². The Labute approximate surface area is 161 Å². The molecule has 1 aromatic carbocycles. The highest BCUT2D eigenvalue weighted by Crippen LogP contribution is 2.50. The summed E-state index contributed by atoms with van der Waals surface area (Å²) in [5.74, 6) is 2.38. The van der Waals surface area contributed by atoms with Crippen LogP contribution in [0, 0.1) is 6.92 Å². The number of fused-ring (bicyclic) bond motifs is 2. The van der Waals surface area contributed by atoms with Crippen molar-refractivity contribution < 1.29 is 14.3 Å². The van der Waals surface area contributed by atoms with Crippen molar-refractivity contribution in [3.63, 3.8) is 0 Å². The molecule has 28 heavy (non-hydrogen) atoms. The number of hydrogen-bond acceptors (Lipinski definition) is 7. The van der Waals surface area contributed by atoms with Crippen LogP contribution in [0.2, 0.25) is 0 Å². The summed E-state index contributed by atoms with van der Waals surface area (Å²) in [7, 11) is 3.14. The molecule has 0 saturated carbocycles. The van der Waals surface area contributed by atoms with Crippen molar-refractivity contribution >= 4 is 28.9 Å². The standard InChI is InChI=1S/C20H19N5O3/c1-11-7-8-22-15(9-11)24-19-18-16(12(10-23-19)20(26)21-2)25-17-13(27-3)5-4-6-14(17)28-18/h4-10,25H,1-3H3,(H,21,26)(H,22,23,24). The number of nitrogens with zero attached hydrogens (tertiary/aromatic N) is 2. The molecule has 142 valence electrons. The number of carbonyl (C=O) groups is 1. The second kappa shape index (κ2) is 7.07. The molecule has 1 aliphatic heterocycles. The molecule has 4 rings (SSSR count). The van der Waals surface area contributed by atoms with Crippen molar-refractivity contribution in [2.75, 3.05) is 24.8 Å². The Balaban J connectivity index is 1.83. The lowest BCUT2D eigenvalue weighted by molar-refractivity contribution is 0.0963. The Kier molecular flexibility index (Phi) is 4.44. The number of rotatable bonds is 4. The molecule has 1 amide bonds. The Hall–Kier alpha value is -3.81. The molecular formula is C20H19N5O3. The van der Waals surface area contributed by atoms with Crippen molar-refractivity contribution in [2.24, 2.45) is 0 Å². The number of aromatic nitrogens is 2. The van der Waals surface area contributed by atoms with E-state index in [4.69, 9.17) is 9.47 Å². The van der Waals surface area contributed by atoms with E-state index in [2.05, 4.69) is 25.9 Å². The summed E-state index contributed by atoms with van der Waals surface area (Å²) in [6.45, 7) is 1.98. The molecule has 0 saturated heterocycles. The van der Waals surface area contributed by atoms with Crippen LogP contribution in [0.5, 0.6) is 17.2 Å². The lowest BCUT2D eigenvalue weighted by atomic mass is 10.1. The van der Waals surface area contributed by atoms with Gasteiger partial charge in [0.15, 0.2) is 17.3 Å². The fraction of sp³-hybridized carbons (Fsp3) is 0.150. The van der Waals surface area contributed by atoms with Crippen LogP contribution < -0.4 is 25.4 Å². The predicted octanol–water partition coefficient (Wildman–Crippen LogP) is 3.75. The maximum atomic E-state index is 12.4. The molecule has 0 unspecified atom stereocenters. The number of carbonyl (C=O) groups excluding carboxylic acids is 1. The van der Waals surface area contributed by atoms with E-state index in [-0.39, 0.29) is 5.91 Å². The first-order chi connectivity index (χ1) is 13.6. The monoisotopic (exact) mass is 377 g/mol. The molecule has 0 aliphatic carbocycles. The van der Waals surface area contributed by atoms with E-state index in [1.54, 1.807) is 20.4 Å². The van der Waals surface area contributed by atoms with Gasteiger partial charge in [0, 0.05) is 19.4 Å². The van der Waals surface area contributed by atoms with E-state index in [0.29, 0.717) is 45.8 Å². The Morgan fingerprint density at radius 3 is 2.82 bits per heavy atom. The summed E-state index contributed by atoms with van der Waals surface area (Å²) < 4.78 is 11.5. The van der Waals surface area contributed by atoms with Crippen LogP contribution >= 0.6 is 0 Å². The molecule has 0 atom stereocenters. The highest BCUT2D eigenvalue weighted by Gasteiger charge is 2.28. The molecular weight excluding hydrogens is 358 g/mol. The zero-order chi connectivity index (χ0) is 19.7. The van der Waals surface area contributed by atoms with Crippen molar-refractivity contribution in [1.29, 1.82) is 0 Å². The lowest BCUT2D eigenvalue weighted by Gasteiger charge is -2.26. The number of hydrogen-bond donors (Lipinski definition) is 3. The summed E-state index contributed by atoms with van der Waals surface area (Å²) in [6, 6.07) is 9.26. The van der Waals surface area contributed by atoms with Crippen molar-refractivity contribution in [3.05, 3.63) is 53.9 Å². The van der Waals surface area contributed by atoms with Gasteiger partial charge < -0.3 is 25.4 Å². The van der Waals surface area contributed by atoms with Gasteiger partial charge in [0.1, 0.15) is 22.9 Å².